The van der Waals surface area contributed by atoms with Gasteiger partial charge in [-0.3, -0.25) is 4.90 Å². The van der Waals surface area contributed by atoms with Crippen molar-refractivity contribution in [2.24, 2.45) is 0 Å². The Morgan fingerprint density at radius 1 is 1.43 bits per heavy atom. The van der Waals surface area contributed by atoms with Crippen LogP contribution in [0.1, 0.15) is 30.4 Å². The van der Waals surface area contributed by atoms with Crippen molar-refractivity contribution in [1.29, 1.82) is 5.26 Å². The summed E-state index contributed by atoms with van der Waals surface area (Å²) in [5.41, 5.74) is 7.18. The molecule has 40 heavy (non-hydrogen) atoms. The molecule has 4 aromatic rings. The Morgan fingerprint density at radius 3 is 2.95 bits per heavy atom. The number of nitrogens with two attached hydrogens (primary N) is 1. The van der Waals surface area contributed by atoms with E-state index >= 15 is 0 Å². The topological polar surface area (TPSA) is 120 Å². The molecule has 2 saturated heterocycles. The summed E-state index contributed by atoms with van der Waals surface area (Å²) in [5, 5.41) is 24.7. The third kappa shape index (κ3) is 3.85. The van der Waals surface area contributed by atoms with Crippen molar-refractivity contribution in [2.75, 3.05) is 37.8 Å². The number of anilines is 2. The predicted molar refractivity (Wildman–Crippen MR) is 154 cm³/mol. The Kier molecular flexibility index (Phi) is 6.45. The van der Waals surface area contributed by atoms with Crippen LogP contribution in [0.15, 0.2) is 18.7 Å². The maximum atomic E-state index is 14.8. The van der Waals surface area contributed by atoms with Crippen LogP contribution in [0.25, 0.3) is 38.2 Å². The maximum Gasteiger partial charge on any atom is 0.319 e. The second kappa shape index (κ2) is 9.73. The molecule has 0 saturated carbocycles. The van der Waals surface area contributed by atoms with E-state index in [0.717, 1.165) is 30.7 Å². The number of hydrogen-bond acceptors (Lipinski definition) is 9. The summed E-state index contributed by atoms with van der Waals surface area (Å²) >= 11 is 7.73. The molecule has 0 aliphatic carbocycles. The second-order valence-corrected chi connectivity index (χ2v) is 11.5. The number of ether oxygens (including phenoxy) is 1. The number of rotatable bonds is 6. The van der Waals surface area contributed by atoms with E-state index in [2.05, 4.69) is 32.8 Å². The van der Waals surface area contributed by atoms with Crippen molar-refractivity contribution in [3.63, 3.8) is 0 Å². The molecular formula is C28H25ClF2N6O2S. The van der Waals surface area contributed by atoms with Gasteiger partial charge in [0.2, 0.25) is 0 Å². The van der Waals surface area contributed by atoms with E-state index in [1.165, 1.54) is 18.2 Å². The van der Waals surface area contributed by atoms with Gasteiger partial charge in [-0.1, -0.05) is 30.3 Å². The van der Waals surface area contributed by atoms with Crippen molar-refractivity contribution in [3.8, 4) is 29.0 Å². The number of aromatic nitrogens is 2. The number of thiophene rings is 1. The molecule has 2 fully saturated rings. The number of aromatic hydroxyl groups is 1. The van der Waals surface area contributed by atoms with Gasteiger partial charge in [0.05, 0.1) is 31.7 Å². The average molecular weight is 583 g/mol. The normalized spacial score (nSPS) is 20.6. The highest BCUT2D eigenvalue weighted by Gasteiger charge is 2.49. The number of nitrogen functional groups attached to an aromatic ring is 1. The molecule has 0 spiro atoms. The lowest BCUT2D eigenvalue weighted by Crippen LogP contribution is -2.43. The van der Waals surface area contributed by atoms with Gasteiger partial charge in [0.15, 0.2) is 0 Å². The van der Waals surface area contributed by atoms with Crippen LogP contribution in [0.3, 0.4) is 0 Å². The number of phenolic OH excluding ortho intramolecular Hbond substituents is 1. The van der Waals surface area contributed by atoms with Crippen LogP contribution in [0.2, 0.25) is 5.02 Å². The summed E-state index contributed by atoms with van der Waals surface area (Å²) in [7, 11) is 1.64. The molecule has 4 heterocycles. The fraction of sp³-hybridized carbons (Fsp3) is 0.321. The number of hydrogen-bond donors (Lipinski definition) is 3. The minimum Gasteiger partial charge on any atom is -0.506 e. The summed E-state index contributed by atoms with van der Waals surface area (Å²) < 4.78 is 35.4. The first-order valence-corrected chi connectivity index (χ1v) is 13.9. The summed E-state index contributed by atoms with van der Waals surface area (Å²) in [6, 6.07) is 4.85. The van der Waals surface area contributed by atoms with E-state index in [9.17, 15) is 19.1 Å². The van der Waals surface area contributed by atoms with Crippen molar-refractivity contribution >= 4 is 60.8 Å². The highest BCUT2D eigenvalue weighted by molar-refractivity contribution is 7.23. The standard InChI is InChI=1S/C28H25ClF2N6O2S/c1-3-14-18(15-5-6-17(31)24-19(15)16(10-32)25(33)40-24)21(29)23(38)20-22(14)35-27(36-26(20)34-2)39-12-28-7-4-8-37(28)11-13(30)9-28/h3,5-6,13,38H,1,4,7-9,11-12,33H2,2H3,(H,34,35,36)/t13-,28+/m1/s1. The molecule has 2 atom stereocenters. The molecule has 2 aliphatic heterocycles. The molecule has 2 aromatic heterocycles. The molecule has 2 aromatic carbocycles. The highest BCUT2D eigenvalue weighted by Crippen LogP contribution is 2.50. The van der Waals surface area contributed by atoms with Crippen molar-refractivity contribution in [1.82, 2.24) is 14.9 Å². The van der Waals surface area contributed by atoms with Crippen LogP contribution >= 0.6 is 22.9 Å². The molecular weight excluding hydrogens is 558 g/mol. The Morgan fingerprint density at radius 2 is 2.23 bits per heavy atom. The van der Waals surface area contributed by atoms with Gasteiger partial charge in [-0.25, -0.2) is 8.78 Å². The summed E-state index contributed by atoms with van der Waals surface area (Å²) in [6.07, 6.45) is 2.81. The van der Waals surface area contributed by atoms with Crippen molar-refractivity contribution < 1.29 is 18.6 Å². The van der Waals surface area contributed by atoms with Gasteiger partial charge in [-0.2, -0.15) is 15.2 Å². The molecule has 0 radical (unpaired) electrons. The SMILES string of the molecule is C=Cc1c(-c2ccc(F)c3sc(N)c(C#N)c23)c(Cl)c(O)c2c(NC)nc(OC[C@@]34CCCN3C[C@H](F)C4)nc12. The summed E-state index contributed by atoms with van der Waals surface area (Å²) in [5.74, 6) is -0.563. The van der Waals surface area contributed by atoms with Crippen LogP contribution < -0.4 is 15.8 Å². The van der Waals surface area contributed by atoms with Crippen LogP contribution in [-0.2, 0) is 0 Å². The molecule has 0 amide bonds. The first kappa shape index (κ1) is 26.5. The first-order chi connectivity index (χ1) is 19.2. The average Bonchev–Trinajstić information content (AvgIpc) is 3.58. The lowest BCUT2D eigenvalue weighted by Gasteiger charge is -2.30. The van der Waals surface area contributed by atoms with Gasteiger partial charge in [-0.05, 0) is 31.0 Å². The Hall–Kier alpha value is -3.72. The molecule has 8 nitrogen and oxygen atoms in total. The Bertz CT molecular complexity index is 1760. The number of nitriles is 1. The molecule has 6 rings (SSSR count). The molecule has 0 unspecified atom stereocenters. The van der Waals surface area contributed by atoms with E-state index in [-0.39, 0.29) is 60.8 Å². The highest BCUT2D eigenvalue weighted by atomic mass is 35.5. The lowest BCUT2D eigenvalue weighted by molar-refractivity contribution is 0.107. The second-order valence-electron chi connectivity index (χ2n) is 10.1. The van der Waals surface area contributed by atoms with Crippen LogP contribution in [-0.4, -0.2) is 58.4 Å². The van der Waals surface area contributed by atoms with Gasteiger partial charge in [-0.15, -0.1) is 11.3 Å². The summed E-state index contributed by atoms with van der Waals surface area (Å²) in [4.78, 5) is 11.2. The number of phenols is 1. The molecule has 4 N–H and O–H groups in total. The number of fused-ring (bicyclic) bond motifs is 3. The van der Waals surface area contributed by atoms with Crippen molar-refractivity contribution in [3.05, 3.63) is 40.7 Å². The van der Waals surface area contributed by atoms with Gasteiger partial charge in [0.1, 0.15) is 41.2 Å². The zero-order chi connectivity index (χ0) is 28.3. The smallest absolute Gasteiger partial charge is 0.319 e. The molecule has 0 bridgehead atoms. The third-order valence-electron chi connectivity index (χ3n) is 7.95. The Labute approximate surface area is 237 Å². The fourth-order valence-electron chi connectivity index (χ4n) is 6.19. The van der Waals surface area contributed by atoms with Gasteiger partial charge in [0.25, 0.3) is 0 Å². The number of nitrogens with zero attached hydrogens (tertiary/aromatic N) is 4. The fourth-order valence-corrected chi connectivity index (χ4v) is 7.44. The molecule has 206 valence electrons. The molecule has 12 heteroatoms. The van der Waals surface area contributed by atoms with Crippen LogP contribution in [0, 0.1) is 17.1 Å². The lowest BCUT2D eigenvalue weighted by atomic mass is 9.92. The monoisotopic (exact) mass is 582 g/mol. The largest absolute Gasteiger partial charge is 0.506 e. The number of halogens is 3. The molecule has 2 aliphatic rings. The van der Waals surface area contributed by atoms with Gasteiger partial charge >= 0.3 is 6.01 Å². The van der Waals surface area contributed by atoms with E-state index in [4.69, 9.17) is 22.1 Å². The van der Waals surface area contributed by atoms with E-state index in [0.29, 0.717) is 29.7 Å². The number of benzene rings is 2. The van der Waals surface area contributed by atoms with Crippen molar-refractivity contribution in [2.45, 2.75) is 31.0 Å². The Balaban J connectivity index is 1.56. The number of nitrogens with one attached hydrogen (secondary N) is 1. The van der Waals surface area contributed by atoms with Gasteiger partial charge < -0.3 is 20.9 Å². The van der Waals surface area contributed by atoms with Crippen LogP contribution in [0.4, 0.5) is 19.6 Å². The quantitative estimate of drug-likeness (QED) is 0.249. The third-order valence-corrected chi connectivity index (χ3v) is 9.34. The van der Waals surface area contributed by atoms with E-state index < -0.39 is 17.5 Å². The maximum absolute atomic E-state index is 14.8. The zero-order valence-corrected chi connectivity index (χ0v) is 23.1. The van der Waals surface area contributed by atoms with E-state index in [1.54, 1.807) is 7.05 Å². The van der Waals surface area contributed by atoms with Crippen LogP contribution in [0.5, 0.6) is 11.8 Å². The predicted octanol–water partition coefficient (Wildman–Crippen LogP) is 6.10. The minimum absolute atomic E-state index is 0.0397. The van der Waals surface area contributed by atoms with Gasteiger partial charge in [0, 0.05) is 36.5 Å². The first-order valence-electron chi connectivity index (χ1n) is 12.7. The zero-order valence-electron chi connectivity index (χ0n) is 21.5. The number of alkyl halides is 1. The summed E-state index contributed by atoms with van der Waals surface area (Å²) in [6.45, 7) is 5.39. The minimum atomic E-state index is -0.903. The van der Waals surface area contributed by atoms with E-state index in [1.807, 2.05) is 0 Å².